The average Bonchev–Trinajstić information content (AvgIpc) is 3.58. The Hall–Kier alpha value is -4.89. The molecule has 0 fully saturated rings. The summed E-state index contributed by atoms with van der Waals surface area (Å²) < 4.78 is 32.0. The molecule has 2 heterocycles. The van der Waals surface area contributed by atoms with Crippen LogP contribution in [0.2, 0.25) is 0 Å². The largest absolute Gasteiger partial charge is 0.464 e. The summed E-state index contributed by atoms with van der Waals surface area (Å²) in [7, 11) is 0. The molecule has 0 aliphatic rings. The first-order chi connectivity index (χ1) is 19.5. The molecule has 5 aromatic carbocycles. The quantitative estimate of drug-likeness (QED) is 0.252. The van der Waals surface area contributed by atoms with Gasteiger partial charge in [0.15, 0.2) is 0 Å². The lowest BCUT2D eigenvalue weighted by Crippen LogP contribution is -2.03. The summed E-state index contributed by atoms with van der Waals surface area (Å²) in [5, 5.41) is 0.712. The van der Waals surface area contributed by atoms with Gasteiger partial charge in [-0.1, -0.05) is 103 Å². The number of aromatic nitrogens is 2. The van der Waals surface area contributed by atoms with Gasteiger partial charge < -0.3 is 4.42 Å². The fraction of sp³-hybridized carbons (Fsp3) is 0.0294. The highest BCUT2D eigenvalue weighted by atomic mass is 16.3. The van der Waals surface area contributed by atoms with Crippen LogP contribution in [0, 0.1) is 6.85 Å². The number of nitrogens with zero attached hydrogens (tertiary/aromatic N) is 2. The van der Waals surface area contributed by atoms with E-state index < -0.39 is 6.85 Å². The van der Waals surface area contributed by atoms with Gasteiger partial charge in [-0.15, -0.1) is 0 Å². The van der Waals surface area contributed by atoms with Crippen molar-refractivity contribution in [2.75, 3.05) is 0 Å². The number of furan rings is 1. The van der Waals surface area contributed by atoms with Gasteiger partial charge in [0.2, 0.25) is 0 Å². The van der Waals surface area contributed by atoms with Crippen molar-refractivity contribution in [3.8, 4) is 39.3 Å². The molecule has 0 atom stereocenters. The maximum atomic E-state index is 7.97. The second kappa shape index (κ2) is 8.65. The van der Waals surface area contributed by atoms with Gasteiger partial charge in [0, 0.05) is 20.6 Å². The molecule has 7 aromatic rings. The lowest BCUT2D eigenvalue weighted by Gasteiger charge is -2.19. The van der Waals surface area contributed by atoms with Gasteiger partial charge >= 0.3 is 0 Å². The molecule has 176 valence electrons. The van der Waals surface area contributed by atoms with Crippen molar-refractivity contribution >= 4 is 22.0 Å². The van der Waals surface area contributed by atoms with E-state index in [1.165, 1.54) is 0 Å². The molecule has 0 amide bonds. The Morgan fingerprint density at radius 2 is 1.35 bits per heavy atom. The normalized spacial score (nSPS) is 12.9. The maximum Gasteiger partial charge on any atom is 0.149 e. The van der Waals surface area contributed by atoms with Crippen LogP contribution >= 0.6 is 0 Å². The smallest absolute Gasteiger partial charge is 0.149 e. The summed E-state index contributed by atoms with van der Waals surface area (Å²) >= 11 is 0. The number of imidazole rings is 1. The number of hydrogen-bond acceptors (Lipinski definition) is 2. The molecule has 7 rings (SSSR count). The molecule has 0 spiro atoms. The molecule has 0 bridgehead atoms. The minimum absolute atomic E-state index is 0.264. The van der Waals surface area contributed by atoms with E-state index in [1.54, 1.807) is 24.5 Å². The second-order valence-corrected chi connectivity index (χ2v) is 9.05. The zero-order valence-corrected chi connectivity index (χ0v) is 19.9. The topological polar surface area (TPSA) is 31.0 Å². The van der Waals surface area contributed by atoms with Crippen molar-refractivity contribution in [3.05, 3.63) is 133 Å². The van der Waals surface area contributed by atoms with Crippen LogP contribution in [0.4, 0.5) is 0 Å². The first-order valence-corrected chi connectivity index (χ1v) is 12.2. The van der Waals surface area contributed by atoms with Gasteiger partial charge in [0.25, 0.3) is 0 Å². The summed E-state index contributed by atoms with van der Waals surface area (Å²) in [6.45, 7) is -2.23. The van der Waals surface area contributed by atoms with Crippen LogP contribution in [-0.2, 0) is 0 Å². The van der Waals surface area contributed by atoms with Crippen LogP contribution in [0.1, 0.15) is 9.68 Å². The molecule has 0 saturated heterocycles. The first kappa shape index (κ1) is 18.4. The van der Waals surface area contributed by atoms with Gasteiger partial charge in [-0.3, -0.25) is 4.57 Å². The molecule has 0 radical (unpaired) electrons. The van der Waals surface area contributed by atoms with E-state index in [2.05, 4.69) is 53.1 Å². The van der Waals surface area contributed by atoms with E-state index in [0.29, 0.717) is 16.8 Å². The van der Waals surface area contributed by atoms with Crippen LogP contribution < -0.4 is 0 Å². The third kappa shape index (κ3) is 3.56. The Kier molecular flexibility index (Phi) is 4.30. The lowest BCUT2D eigenvalue weighted by atomic mass is 9.95. The third-order valence-corrected chi connectivity index (χ3v) is 6.80. The standard InChI is InChI=1S/C34H24N2O/c1-23-19-20-32-28(21-23)29(22-37-32)34-35-30-17-8-9-18-31(30)36(34)33-26(24-11-4-2-5-12-24)15-10-16-27(33)25-13-6-3-7-14-25/h2-22H,1H3/i1D3. The highest BCUT2D eigenvalue weighted by Gasteiger charge is 2.23. The van der Waals surface area contributed by atoms with Crippen molar-refractivity contribution in [2.45, 2.75) is 6.85 Å². The Morgan fingerprint density at radius 1 is 0.676 bits per heavy atom. The average molecular weight is 480 g/mol. The van der Waals surface area contributed by atoms with Gasteiger partial charge in [-0.05, 0) is 42.2 Å². The Bertz CT molecular complexity index is 1930. The van der Waals surface area contributed by atoms with E-state index >= 15 is 0 Å². The second-order valence-electron chi connectivity index (χ2n) is 9.05. The van der Waals surface area contributed by atoms with Gasteiger partial charge in [0.1, 0.15) is 17.7 Å². The number of rotatable bonds is 4. The highest BCUT2D eigenvalue weighted by Crippen LogP contribution is 2.41. The summed E-state index contributed by atoms with van der Waals surface area (Å²) in [4.78, 5) is 5.11. The predicted octanol–water partition coefficient (Wildman–Crippen LogP) is 9.08. The predicted molar refractivity (Wildman–Crippen MR) is 152 cm³/mol. The number of para-hydroxylation sites is 3. The zero-order valence-electron chi connectivity index (χ0n) is 22.9. The molecule has 0 N–H and O–H groups in total. The van der Waals surface area contributed by atoms with Crippen molar-refractivity contribution in [1.82, 2.24) is 9.55 Å². The van der Waals surface area contributed by atoms with Crippen LogP contribution in [0.25, 0.3) is 61.3 Å². The summed E-state index contributed by atoms with van der Waals surface area (Å²) in [6, 6.07) is 40.1. The van der Waals surface area contributed by atoms with Crippen molar-refractivity contribution < 1.29 is 8.53 Å². The molecule has 3 nitrogen and oxygen atoms in total. The monoisotopic (exact) mass is 479 g/mol. The maximum absolute atomic E-state index is 7.97. The number of fused-ring (bicyclic) bond motifs is 2. The van der Waals surface area contributed by atoms with Gasteiger partial charge in [0.05, 0.1) is 22.3 Å². The Balaban J connectivity index is 1.60. The first-order valence-electron chi connectivity index (χ1n) is 13.7. The molecule has 37 heavy (non-hydrogen) atoms. The van der Waals surface area contributed by atoms with Crippen LogP contribution in [0.3, 0.4) is 0 Å². The van der Waals surface area contributed by atoms with E-state index in [1.807, 2.05) is 54.6 Å². The molecule has 0 saturated carbocycles. The molecular formula is C34H24N2O. The summed E-state index contributed by atoms with van der Waals surface area (Å²) in [5.74, 6) is 0.684. The molecule has 3 heteroatoms. The van der Waals surface area contributed by atoms with Crippen molar-refractivity contribution in [3.63, 3.8) is 0 Å². The fourth-order valence-electron chi connectivity index (χ4n) is 5.12. The minimum Gasteiger partial charge on any atom is -0.464 e. The van der Waals surface area contributed by atoms with E-state index in [0.717, 1.165) is 44.5 Å². The molecule has 2 aromatic heterocycles. The number of aryl methyl sites for hydroxylation is 1. The van der Waals surface area contributed by atoms with Crippen molar-refractivity contribution in [1.29, 1.82) is 0 Å². The molecular weight excluding hydrogens is 452 g/mol. The molecule has 0 unspecified atom stereocenters. The lowest BCUT2D eigenvalue weighted by molar-refractivity contribution is 0.616. The minimum atomic E-state index is -2.23. The van der Waals surface area contributed by atoms with Crippen LogP contribution in [-0.4, -0.2) is 9.55 Å². The number of hydrogen-bond donors (Lipinski definition) is 0. The van der Waals surface area contributed by atoms with E-state index in [4.69, 9.17) is 13.5 Å². The molecule has 0 aliphatic carbocycles. The van der Waals surface area contributed by atoms with Crippen LogP contribution in [0.15, 0.2) is 132 Å². The SMILES string of the molecule is [2H]C([2H])([2H])c1ccc2occ(-c3nc4ccccc4n3-c3c(-c4ccccc4)cccc3-c3ccccc3)c2c1. The van der Waals surface area contributed by atoms with E-state index in [9.17, 15) is 0 Å². The Morgan fingerprint density at radius 3 is 2.05 bits per heavy atom. The third-order valence-electron chi connectivity index (χ3n) is 6.80. The van der Waals surface area contributed by atoms with E-state index in [-0.39, 0.29) is 5.56 Å². The van der Waals surface area contributed by atoms with Gasteiger partial charge in [-0.2, -0.15) is 0 Å². The van der Waals surface area contributed by atoms with Crippen LogP contribution in [0.5, 0.6) is 0 Å². The zero-order chi connectivity index (χ0) is 27.3. The fourth-order valence-corrected chi connectivity index (χ4v) is 5.12. The van der Waals surface area contributed by atoms with Gasteiger partial charge in [-0.25, -0.2) is 4.98 Å². The summed E-state index contributed by atoms with van der Waals surface area (Å²) in [5.41, 5.74) is 8.66. The van der Waals surface area contributed by atoms with Crippen molar-refractivity contribution in [2.24, 2.45) is 0 Å². The Labute approximate surface area is 219 Å². The summed E-state index contributed by atoms with van der Waals surface area (Å²) in [6.07, 6.45) is 1.68. The molecule has 0 aliphatic heterocycles. The highest BCUT2D eigenvalue weighted by molar-refractivity contribution is 5.98. The number of benzene rings is 5.